The molecule has 196 valence electrons. The average molecular weight is 615 g/mol. The number of halogens is 3. The van der Waals surface area contributed by atoms with Crippen LogP contribution >= 0.6 is 0 Å². The summed E-state index contributed by atoms with van der Waals surface area (Å²) in [7, 11) is -7.30. The van der Waals surface area contributed by atoms with Crippen molar-refractivity contribution in [3.8, 4) is 16.9 Å². The summed E-state index contributed by atoms with van der Waals surface area (Å²) in [6.07, 6.45) is 10.2. The molecule has 0 saturated heterocycles. The Labute approximate surface area is 221 Å². The van der Waals surface area contributed by atoms with Gasteiger partial charge in [-0.15, -0.1) is 0 Å². The quantitative estimate of drug-likeness (QED) is 0.112. The van der Waals surface area contributed by atoms with Crippen molar-refractivity contribution >= 4 is 18.2 Å². The van der Waals surface area contributed by atoms with Crippen molar-refractivity contribution in [2.75, 3.05) is 0 Å². The Morgan fingerprint density at radius 3 is 1.46 bits per heavy atom. The van der Waals surface area contributed by atoms with Gasteiger partial charge < -0.3 is 23.9 Å². The summed E-state index contributed by atoms with van der Waals surface area (Å²) in [5.74, 6) is 0. The summed E-state index contributed by atoms with van der Waals surface area (Å²) in [6, 6.07) is 22.4. The molecule has 0 aliphatic carbocycles. The van der Waals surface area contributed by atoms with E-state index in [0.717, 1.165) is 11.4 Å². The number of benzene rings is 1. The zero-order valence-corrected chi connectivity index (χ0v) is 23.3. The van der Waals surface area contributed by atoms with Gasteiger partial charge in [0.05, 0.1) is 19.5 Å². The molecule has 0 radical (unpaired) electrons. The molecular weight excluding hydrogens is 588 g/mol. The van der Waals surface area contributed by atoms with Crippen molar-refractivity contribution in [1.29, 1.82) is 0 Å². The zero-order chi connectivity index (χ0) is 25.5. The molecule has 0 bridgehead atoms. The van der Waals surface area contributed by atoms with Crippen LogP contribution in [0.1, 0.15) is 5.56 Å². The Hall–Kier alpha value is -2.34. The maximum Gasteiger partial charge on any atom is 0.485 e. The fraction of sp³-hybridized carbons (Fsp3) is 0.208. The zero-order valence-electron chi connectivity index (χ0n) is 19.9. The normalized spacial score (nSPS) is 10.0. The van der Waals surface area contributed by atoms with E-state index in [1.165, 1.54) is 5.56 Å². The molecule has 0 aliphatic rings. The second kappa shape index (κ2) is 18.0. The molecule has 0 saturated carbocycles. The largest absolute Gasteiger partial charge is 0.741 e. The molecule has 2 aromatic heterocycles. The van der Waals surface area contributed by atoms with Gasteiger partial charge in [-0.3, -0.25) is 9.97 Å². The maximum atomic E-state index is 10.7. The monoisotopic (exact) mass is 614 g/mol. The van der Waals surface area contributed by atoms with Crippen molar-refractivity contribution in [2.45, 2.75) is 32.1 Å². The van der Waals surface area contributed by atoms with Crippen LogP contribution in [-0.2, 0) is 30.5 Å². The van der Waals surface area contributed by atoms with Crippen LogP contribution in [0.5, 0.6) is 0 Å². The third-order valence-electron chi connectivity index (χ3n) is 3.14. The first-order valence-electron chi connectivity index (χ1n) is 9.38. The Bertz CT molecular complexity index is 1040. The van der Waals surface area contributed by atoms with E-state index >= 15 is 0 Å². The van der Waals surface area contributed by atoms with Crippen molar-refractivity contribution in [2.24, 2.45) is 0 Å². The van der Waals surface area contributed by atoms with Crippen molar-refractivity contribution in [3.05, 3.63) is 98.5 Å². The summed E-state index contributed by atoms with van der Waals surface area (Å²) < 4.78 is 58.9. The second-order valence-corrected chi connectivity index (χ2v) is 13.4. The molecule has 1 aromatic carbocycles. The molecule has 11 heteroatoms. The van der Waals surface area contributed by atoms with Crippen LogP contribution in [0.15, 0.2) is 73.1 Å². The predicted octanol–water partition coefficient (Wildman–Crippen LogP) is 5.89. The van der Waals surface area contributed by atoms with Gasteiger partial charge in [0.2, 0.25) is 0 Å². The van der Waals surface area contributed by atoms with Crippen molar-refractivity contribution in [1.82, 2.24) is 9.97 Å². The molecule has 0 atom stereocenters. The minimum absolute atomic E-state index is 0. The van der Waals surface area contributed by atoms with Crippen molar-refractivity contribution < 1.29 is 46.6 Å². The first-order valence-corrected chi connectivity index (χ1v) is 14.3. The molecule has 0 aliphatic heterocycles. The number of aryl methyl sites for hydroxylation is 1. The predicted molar refractivity (Wildman–Crippen MR) is 130 cm³/mol. The standard InChI is InChI=1S/C10H8N2.C7H7.C5H9Si.CHF3O3S.CH3.Pd/c1-3-7-11-9(5-1)10-6-2-4-8-12-10;1-7-5-3-2-4-6-7;1-5-6(2,3)4;2-1(3,4)8(5,6)7;;/h1-8H;3-6H,1H3;2-4H3;(H,5,6,7);1H3;/q;2*-1;;-1;/p-1. The van der Waals surface area contributed by atoms with E-state index in [-0.39, 0.29) is 27.8 Å². The molecule has 5 nitrogen and oxygen atoms in total. The van der Waals surface area contributed by atoms with E-state index < -0.39 is 23.7 Å². The summed E-state index contributed by atoms with van der Waals surface area (Å²) in [4.78, 5) is 8.37. The van der Waals surface area contributed by atoms with Crippen LogP contribution in [0.4, 0.5) is 13.2 Å². The maximum absolute atomic E-state index is 10.7. The molecule has 0 unspecified atom stereocenters. The van der Waals surface area contributed by atoms with E-state index in [0.29, 0.717) is 0 Å². The molecule has 3 aromatic rings. The van der Waals surface area contributed by atoms with Crippen LogP contribution in [0.25, 0.3) is 11.4 Å². The van der Waals surface area contributed by atoms with E-state index in [9.17, 15) is 13.2 Å². The number of hydrogen-bond acceptors (Lipinski definition) is 5. The number of aromatic nitrogens is 2. The Morgan fingerprint density at radius 2 is 1.29 bits per heavy atom. The summed E-state index contributed by atoms with van der Waals surface area (Å²) >= 11 is 0. The molecule has 0 amide bonds. The summed E-state index contributed by atoms with van der Waals surface area (Å²) in [6.45, 7) is 8.31. The van der Waals surface area contributed by atoms with E-state index in [1.54, 1.807) is 12.4 Å². The minimum Gasteiger partial charge on any atom is -0.741 e. The number of alkyl halides is 3. The van der Waals surface area contributed by atoms with Gasteiger partial charge in [-0.1, -0.05) is 38.7 Å². The fourth-order valence-corrected chi connectivity index (χ4v) is 1.50. The van der Waals surface area contributed by atoms with Gasteiger partial charge in [0, 0.05) is 32.8 Å². The number of nitrogens with zero attached hydrogens (tertiary/aromatic N) is 2. The first kappa shape index (κ1) is 37.2. The van der Waals surface area contributed by atoms with E-state index in [2.05, 4.69) is 48.1 Å². The van der Waals surface area contributed by atoms with Gasteiger partial charge in [-0.05, 0) is 24.3 Å². The van der Waals surface area contributed by atoms with E-state index in [1.807, 2.05) is 60.7 Å². The summed E-state index contributed by atoms with van der Waals surface area (Å²) in [5.41, 5.74) is -0.0325. The van der Waals surface area contributed by atoms with E-state index in [4.69, 9.17) is 19.4 Å². The molecule has 3 rings (SSSR count). The molecule has 0 fully saturated rings. The van der Waals surface area contributed by atoms with Crippen molar-refractivity contribution in [3.63, 3.8) is 0 Å². The molecular formula is C24H27F3N2O3PdSSi-4. The molecule has 2 heterocycles. The number of rotatable bonds is 1. The fourth-order valence-electron chi connectivity index (χ4n) is 1.50. The van der Waals surface area contributed by atoms with Crippen LogP contribution in [0.3, 0.4) is 0 Å². The first-order chi connectivity index (χ1) is 15.2. The third kappa shape index (κ3) is 19.6. The Morgan fingerprint density at radius 1 is 0.943 bits per heavy atom. The molecule has 0 N–H and O–H groups in total. The average Bonchev–Trinajstić information content (AvgIpc) is 2.75. The van der Waals surface area contributed by atoms with Gasteiger partial charge >= 0.3 is 5.51 Å². The van der Waals surface area contributed by atoms with Gasteiger partial charge in [0.15, 0.2) is 10.1 Å². The van der Waals surface area contributed by atoms with Gasteiger partial charge in [-0.25, -0.2) is 8.42 Å². The van der Waals surface area contributed by atoms with Crippen LogP contribution < -0.4 is 0 Å². The smallest absolute Gasteiger partial charge is 0.485 e. The SMILES string of the molecule is Cc1cc[c-]cc1.O=S(=O)([O-])C(F)(F)F.[C-]#C[Si](C)(C)C.[CH3-].[Pd].c1ccc(-c2ccccn2)nc1. The molecule has 35 heavy (non-hydrogen) atoms. The van der Waals surface area contributed by atoms with Gasteiger partial charge in [-0.2, -0.15) is 49.1 Å². The molecule has 0 spiro atoms. The number of pyridine rings is 2. The van der Waals surface area contributed by atoms with Crippen LogP contribution in [0.2, 0.25) is 19.6 Å². The Kier molecular flexibility index (Phi) is 19.1. The van der Waals surface area contributed by atoms with Crippen LogP contribution in [-0.4, -0.2) is 36.5 Å². The van der Waals surface area contributed by atoms with Crippen LogP contribution in [0, 0.1) is 32.4 Å². The Balaban J connectivity index is -0.000000399. The van der Waals surface area contributed by atoms with Gasteiger partial charge in [0.25, 0.3) is 0 Å². The number of hydrogen-bond donors (Lipinski definition) is 0. The summed E-state index contributed by atoms with van der Waals surface area (Å²) in [5, 5.41) is 0. The topological polar surface area (TPSA) is 83.0 Å². The minimum atomic E-state index is -6.09. The van der Waals surface area contributed by atoms with Gasteiger partial charge in [0.1, 0.15) is 0 Å². The second-order valence-electron chi connectivity index (χ2n) is 7.28. The third-order valence-corrected chi connectivity index (χ3v) is 4.45.